The third kappa shape index (κ3) is 6.31. The van der Waals surface area contributed by atoms with Crippen molar-refractivity contribution in [2.45, 2.75) is 6.42 Å². The molecule has 0 radical (unpaired) electrons. The molecule has 1 N–H and O–H groups in total. The molecule has 0 unspecified atom stereocenters. The first kappa shape index (κ1) is 15.7. The summed E-state index contributed by atoms with van der Waals surface area (Å²) in [4.78, 5) is 10.8. The van der Waals surface area contributed by atoms with Gasteiger partial charge >= 0.3 is 5.97 Å². The highest BCUT2D eigenvalue weighted by Crippen LogP contribution is 1.97. The van der Waals surface area contributed by atoms with Crippen LogP contribution in [0.2, 0.25) is 0 Å². The van der Waals surface area contributed by atoms with Gasteiger partial charge in [0.2, 0.25) is 0 Å². The second-order valence-corrected chi connectivity index (χ2v) is 5.89. The number of thioether (sulfide) groups is 1. The molecule has 0 aromatic rings. The lowest BCUT2D eigenvalue weighted by atomic mass is 10.4. The minimum Gasteiger partial charge on any atom is -0.469 e. The number of methoxy groups -OCH3 is 1. The van der Waals surface area contributed by atoms with Crippen LogP contribution >= 0.6 is 11.8 Å². The van der Waals surface area contributed by atoms with Gasteiger partial charge in [0.1, 0.15) is 0 Å². The van der Waals surface area contributed by atoms with E-state index < -0.39 is 16.2 Å². The van der Waals surface area contributed by atoms with Crippen LogP contribution in [0.4, 0.5) is 0 Å². The molecular weight excluding hydrogens is 252 g/mol. The summed E-state index contributed by atoms with van der Waals surface area (Å²) in [6.45, 7) is 0.493. The van der Waals surface area contributed by atoms with Crippen molar-refractivity contribution in [2.24, 2.45) is 0 Å². The Morgan fingerprint density at radius 3 is 2.62 bits per heavy atom. The molecule has 0 spiro atoms. The van der Waals surface area contributed by atoms with Crippen LogP contribution in [0.1, 0.15) is 6.42 Å². The molecule has 0 heterocycles. The summed E-state index contributed by atoms with van der Waals surface area (Å²) in [5.41, 5.74) is 0. The molecule has 0 saturated carbocycles. The highest BCUT2D eigenvalue weighted by molar-refractivity contribution is 7.98. The molecule has 0 aromatic carbocycles. The van der Waals surface area contributed by atoms with E-state index in [9.17, 15) is 13.2 Å². The maximum absolute atomic E-state index is 11.6. The fraction of sp³-hybridized carbons (Fsp3) is 0.875. The van der Waals surface area contributed by atoms with Crippen molar-refractivity contribution >= 4 is 27.9 Å². The number of nitrogens with zero attached hydrogens (tertiary/aromatic N) is 1. The molecule has 8 heteroatoms. The quantitative estimate of drug-likeness (QED) is 0.483. The molecule has 0 atom stereocenters. The van der Waals surface area contributed by atoms with Gasteiger partial charge in [0.25, 0.3) is 10.2 Å². The molecule has 0 amide bonds. The minimum absolute atomic E-state index is 0.0520. The first-order valence-electron chi connectivity index (χ1n) is 4.70. The monoisotopic (exact) mass is 270 g/mol. The molecular formula is C8H18N2O4S2. The van der Waals surface area contributed by atoms with Gasteiger partial charge in [0.05, 0.1) is 13.5 Å². The lowest BCUT2D eigenvalue weighted by Crippen LogP contribution is -2.40. The highest BCUT2D eigenvalue weighted by atomic mass is 32.2. The maximum Gasteiger partial charge on any atom is 0.306 e. The van der Waals surface area contributed by atoms with Crippen LogP contribution in [0.3, 0.4) is 0 Å². The van der Waals surface area contributed by atoms with E-state index in [4.69, 9.17) is 0 Å². The Bertz CT molecular complexity index is 305. The van der Waals surface area contributed by atoms with Crippen molar-refractivity contribution in [1.82, 2.24) is 9.03 Å². The van der Waals surface area contributed by atoms with E-state index in [0.717, 1.165) is 4.31 Å². The van der Waals surface area contributed by atoms with Crippen LogP contribution in [0, 0.1) is 0 Å². The molecule has 0 aromatic heterocycles. The summed E-state index contributed by atoms with van der Waals surface area (Å²) in [5, 5.41) is 0. The van der Waals surface area contributed by atoms with Crippen molar-refractivity contribution in [2.75, 3.05) is 39.3 Å². The average Bonchev–Trinajstić information content (AvgIpc) is 2.25. The third-order valence-corrected chi connectivity index (χ3v) is 4.04. The lowest BCUT2D eigenvalue weighted by Gasteiger charge is -2.16. The summed E-state index contributed by atoms with van der Waals surface area (Å²) in [6, 6.07) is 0. The molecule has 0 fully saturated rings. The number of rotatable bonds is 8. The fourth-order valence-electron chi connectivity index (χ4n) is 0.854. The zero-order valence-electron chi connectivity index (χ0n) is 9.73. The lowest BCUT2D eigenvalue weighted by molar-refractivity contribution is -0.140. The molecule has 6 nitrogen and oxygen atoms in total. The van der Waals surface area contributed by atoms with Crippen LogP contribution in [0.15, 0.2) is 0 Å². The van der Waals surface area contributed by atoms with E-state index >= 15 is 0 Å². The Morgan fingerprint density at radius 1 is 1.50 bits per heavy atom. The molecule has 96 valence electrons. The first-order chi connectivity index (χ1) is 7.44. The number of carbonyl (C=O) groups is 1. The third-order valence-electron chi connectivity index (χ3n) is 1.86. The zero-order chi connectivity index (χ0) is 12.6. The van der Waals surface area contributed by atoms with Crippen molar-refractivity contribution < 1.29 is 17.9 Å². The Balaban J connectivity index is 4.04. The molecule has 16 heavy (non-hydrogen) atoms. The molecule has 0 aliphatic carbocycles. The average molecular weight is 270 g/mol. The minimum atomic E-state index is -3.47. The normalized spacial score (nSPS) is 11.8. The zero-order valence-corrected chi connectivity index (χ0v) is 11.4. The number of hydrogen-bond acceptors (Lipinski definition) is 5. The van der Waals surface area contributed by atoms with Crippen LogP contribution in [0.25, 0.3) is 0 Å². The van der Waals surface area contributed by atoms with E-state index in [1.165, 1.54) is 14.2 Å². The van der Waals surface area contributed by atoms with Crippen LogP contribution in [-0.4, -0.2) is 57.9 Å². The predicted molar refractivity (Wildman–Crippen MR) is 64.6 cm³/mol. The Morgan fingerprint density at radius 2 is 2.12 bits per heavy atom. The molecule has 0 rings (SSSR count). The van der Waals surface area contributed by atoms with E-state index in [-0.39, 0.29) is 13.0 Å². The Kier molecular flexibility index (Phi) is 7.73. The SMILES string of the molecule is COC(=O)CCN(C)S(=O)(=O)NCCSC. The smallest absolute Gasteiger partial charge is 0.306 e. The van der Waals surface area contributed by atoms with E-state index in [1.54, 1.807) is 11.8 Å². The summed E-state index contributed by atoms with van der Waals surface area (Å²) < 4.78 is 31.1. The Labute approximate surface area is 101 Å². The largest absolute Gasteiger partial charge is 0.469 e. The summed E-state index contributed by atoms with van der Waals surface area (Å²) in [5.74, 6) is 0.288. The number of hydrogen-bond donors (Lipinski definition) is 1. The van der Waals surface area contributed by atoms with Gasteiger partial charge in [-0.1, -0.05) is 0 Å². The van der Waals surface area contributed by atoms with Gasteiger partial charge in [-0.2, -0.15) is 24.5 Å². The second kappa shape index (κ2) is 7.88. The van der Waals surface area contributed by atoms with Gasteiger partial charge in [0.15, 0.2) is 0 Å². The van der Waals surface area contributed by atoms with Gasteiger partial charge in [-0.15, -0.1) is 0 Å². The van der Waals surface area contributed by atoms with E-state index in [2.05, 4.69) is 9.46 Å². The van der Waals surface area contributed by atoms with E-state index in [1.807, 2.05) is 6.26 Å². The Hall–Kier alpha value is -0.310. The summed E-state index contributed by atoms with van der Waals surface area (Å²) in [6.07, 6.45) is 1.95. The number of ether oxygens (including phenoxy) is 1. The van der Waals surface area contributed by atoms with Gasteiger partial charge < -0.3 is 4.74 Å². The number of carbonyl (C=O) groups excluding carboxylic acids is 1. The van der Waals surface area contributed by atoms with Crippen molar-refractivity contribution in [3.63, 3.8) is 0 Å². The fourth-order valence-corrected chi connectivity index (χ4v) is 2.20. The predicted octanol–water partition coefficient (Wildman–Crippen LogP) is -0.321. The van der Waals surface area contributed by atoms with Crippen LogP contribution in [0.5, 0.6) is 0 Å². The topological polar surface area (TPSA) is 75.7 Å². The molecule has 0 aliphatic heterocycles. The number of esters is 1. The molecule has 0 saturated heterocycles. The standard InChI is InChI=1S/C8H18N2O4S2/c1-10(6-4-8(11)14-2)16(12,13)9-5-7-15-3/h9H,4-7H2,1-3H3. The van der Waals surface area contributed by atoms with Crippen molar-refractivity contribution in [1.29, 1.82) is 0 Å². The van der Waals surface area contributed by atoms with Gasteiger partial charge in [0, 0.05) is 25.9 Å². The van der Waals surface area contributed by atoms with Gasteiger partial charge in [-0.3, -0.25) is 4.79 Å². The molecule has 0 bridgehead atoms. The second-order valence-electron chi connectivity index (χ2n) is 3.04. The van der Waals surface area contributed by atoms with Crippen molar-refractivity contribution in [3.05, 3.63) is 0 Å². The van der Waals surface area contributed by atoms with Crippen LogP contribution < -0.4 is 4.72 Å². The summed E-state index contributed by atoms with van der Waals surface area (Å²) in [7, 11) is -0.782. The van der Waals surface area contributed by atoms with Crippen LogP contribution in [-0.2, 0) is 19.7 Å². The maximum atomic E-state index is 11.6. The first-order valence-corrected chi connectivity index (χ1v) is 7.54. The van der Waals surface area contributed by atoms with Gasteiger partial charge in [-0.25, -0.2) is 4.72 Å². The highest BCUT2D eigenvalue weighted by Gasteiger charge is 2.17. The summed E-state index contributed by atoms with van der Waals surface area (Å²) >= 11 is 1.56. The molecule has 0 aliphatic rings. The number of nitrogens with one attached hydrogen (secondary N) is 1. The van der Waals surface area contributed by atoms with Gasteiger partial charge in [-0.05, 0) is 6.26 Å². The van der Waals surface area contributed by atoms with Crippen molar-refractivity contribution in [3.8, 4) is 0 Å². The van der Waals surface area contributed by atoms with E-state index in [0.29, 0.717) is 12.3 Å².